The Morgan fingerprint density at radius 3 is 1.21 bits per heavy atom. The molecule has 0 fully saturated rings. The van der Waals surface area contributed by atoms with Crippen molar-refractivity contribution >= 4 is 5.97 Å². The zero-order valence-corrected chi connectivity index (χ0v) is 19.1. The molecule has 0 aliphatic carbocycles. The Morgan fingerprint density at radius 1 is 0.536 bits per heavy atom. The van der Waals surface area contributed by atoms with E-state index in [9.17, 15) is 4.79 Å². The summed E-state index contributed by atoms with van der Waals surface area (Å²) in [4.78, 5) is 10.4. The smallest absolute Gasteiger partial charge is 0.303 e. The molecule has 0 saturated carbocycles. The summed E-state index contributed by atoms with van der Waals surface area (Å²) >= 11 is 0. The van der Waals surface area contributed by atoms with Crippen LogP contribution in [0, 0.1) is 0 Å². The van der Waals surface area contributed by atoms with E-state index in [0.29, 0.717) is 6.42 Å². The quantitative estimate of drug-likeness (QED) is 0.138. The van der Waals surface area contributed by atoms with E-state index in [1.54, 1.807) is 0 Å². The van der Waals surface area contributed by atoms with E-state index in [1.165, 1.54) is 109 Å². The van der Waals surface area contributed by atoms with Gasteiger partial charge in [-0.15, -0.1) is 0 Å². The molecule has 0 aromatic rings. The molecule has 0 aromatic carbocycles. The molecule has 0 rings (SSSR count). The molecular formula is C26H50O2. The van der Waals surface area contributed by atoms with E-state index in [4.69, 9.17) is 5.11 Å². The SMILES string of the molecule is CCCCCCCCCCCCCCCCC/C=C/CCCCCCC(=O)O. The van der Waals surface area contributed by atoms with Crippen molar-refractivity contribution in [3.05, 3.63) is 12.2 Å². The largest absolute Gasteiger partial charge is 0.481 e. The number of unbranched alkanes of at least 4 members (excludes halogenated alkanes) is 19. The second kappa shape index (κ2) is 24.2. The normalized spacial score (nSPS) is 11.5. The second-order valence-corrected chi connectivity index (χ2v) is 8.56. The molecule has 0 radical (unpaired) electrons. The first-order valence-electron chi connectivity index (χ1n) is 12.6. The molecule has 2 nitrogen and oxygen atoms in total. The summed E-state index contributed by atoms with van der Waals surface area (Å²) in [6.45, 7) is 2.29. The number of rotatable bonds is 23. The monoisotopic (exact) mass is 394 g/mol. The van der Waals surface area contributed by atoms with Crippen LogP contribution in [0.4, 0.5) is 0 Å². The van der Waals surface area contributed by atoms with Gasteiger partial charge in [0.15, 0.2) is 0 Å². The third-order valence-corrected chi connectivity index (χ3v) is 5.65. The molecule has 0 amide bonds. The summed E-state index contributed by atoms with van der Waals surface area (Å²) in [6.07, 6.45) is 33.1. The van der Waals surface area contributed by atoms with Gasteiger partial charge in [-0.1, -0.05) is 122 Å². The Hall–Kier alpha value is -0.790. The molecular weight excluding hydrogens is 344 g/mol. The highest BCUT2D eigenvalue weighted by molar-refractivity contribution is 5.66. The van der Waals surface area contributed by atoms with E-state index < -0.39 is 5.97 Å². The number of carboxylic acid groups (broad SMARTS) is 1. The molecule has 0 atom stereocenters. The van der Waals surface area contributed by atoms with Gasteiger partial charge in [0.2, 0.25) is 0 Å². The molecule has 0 unspecified atom stereocenters. The molecule has 0 aliphatic rings. The average molecular weight is 395 g/mol. The lowest BCUT2D eigenvalue weighted by Crippen LogP contribution is -1.93. The van der Waals surface area contributed by atoms with Gasteiger partial charge < -0.3 is 5.11 Å². The highest BCUT2D eigenvalue weighted by atomic mass is 16.4. The molecule has 166 valence electrons. The lowest BCUT2D eigenvalue weighted by molar-refractivity contribution is -0.137. The maximum absolute atomic E-state index is 10.4. The number of allylic oxidation sites excluding steroid dienone is 2. The van der Waals surface area contributed by atoms with Gasteiger partial charge in [-0.05, 0) is 32.1 Å². The maximum Gasteiger partial charge on any atom is 0.303 e. The highest BCUT2D eigenvalue weighted by Gasteiger charge is 1.96. The Kier molecular flexibility index (Phi) is 23.6. The summed E-state index contributed by atoms with van der Waals surface area (Å²) in [6, 6.07) is 0. The molecule has 0 bridgehead atoms. The minimum absolute atomic E-state index is 0.328. The van der Waals surface area contributed by atoms with Crippen LogP contribution in [0.25, 0.3) is 0 Å². The van der Waals surface area contributed by atoms with Crippen molar-refractivity contribution in [3.63, 3.8) is 0 Å². The van der Waals surface area contributed by atoms with Crippen LogP contribution < -0.4 is 0 Å². The van der Waals surface area contributed by atoms with E-state index >= 15 is 0 Å². The highest BCUT2D eigenvalue weighted by Crippen LogP contribution is 2.14. The van der Waals surface area contributed by atoms with E-state index in [0.717, 1.165) is 25.7 Å². The Bertz CT molecular complexity index is 335. The minimum Gasteiger partial charge on any atom is -0.481 e. The van der Waals surface area contributed by atoms with Crippen LogP contribution in [0.2, 0.25) is 0 Å². The number of hydrogen-bond acceptors (Lipinski definition) is 1. The van der Waals surface area contributed by atoms with Crippen LogP contribution in [-0.2, 0) is 4.79 Å². The Balaban J connectivity index is 3.07. The van der Waals surface area contributed by atoms with Gasteiger partial charge in [0, 0.05) is 6.42 Å². The number of carbonyl (C=O) groups is 1. The first kappa shape index (κ1) is 27.2. The van der Waals surface area contributed by atoms with Crippen molar-refractivity contribution in [2.75, 3.05) is 0 Å². The molecule has 0 spiro atoms. The summed E-state index contributed by atoms with van der Waals surface area (Å²) < 4.78 is 0. The maximum atomic E-state index is 10.4. The zero-order chi connectivity index (χ0) is 20.5. The lowest BCUT2D eigenvalue weighted by Gasteiger charge is -2.03. The predicted molar refractivity (Wildman–Crippen MR) is 124 cm³/mol. The van der Waals surface area contributed by atoms with Gasteiger partial charge in [-0.25, -0.2) is 0 Å². The molecule has 0 saturated heterocycles. The molecule has 0 aromatic heterocycles. The molecule has 28 heavy (non-hydrogen) atoms. The predicted octanol–water partition coefficient (Wildman–Crippen LogP) is 9.23. The topological polar surface area (TPSA) is 37.3 Å². The number of aliphatic carboxylic acids is 1. The summed E-state index contributed by atoms with van der Waals surface area (Å²) in [5, 5.41) is 8.57. The number of hydrogen-bond donors (Lipinski definition) is 1. The Morgan fingerprint density at radius 2 is 0.857 bits per heavy atom. The van der Waals surface area contributed by atoms with Crippen LogP contribution in [0.15, 0.2) is 12.2 Å². The van der Waals surface area contributed by atoms with Crippen LogP contribution in [0.5, 0.6) is 0 Å². The van der Waals surface area contributed by atoms with Crippen LogP contribution in [-0.4, -0.2) is 11.1 Å². The summed E-state index contributed by atoms with van der Waals surface area (Å²) in [5.74, 6) is -0.664. The zero-order valence-electron chi connectivity index (χ0n) is 19.1. The van der Waals surface area contributed by atoms with Crippen molar-refractivity contribution in [3.8, 4) is 0 Å². The van der Waals surface area contributed by atoms with Crippen molar-refractivity contribution in [1.29, 1.82) is 0 Å². The van der Waals surface area contributed by atoms with Crippen molar-refractivity contribution in [1.82, 2.24) is 0 Å². The van der Waals surface area contributed by atoms with E-state index in [1.807, 2.05) is 0 Å². The number of carboxylic acids is 1. The summed E-state index contributed by atoms with van der Waals surface area (Å²) in [7, 11) is 0. The van der Waals surface area contributed by atoms with Crippen molar-refractivity contribution < 1.29 is 9.90 Å². The van der Waals surface area contributed by atoms with Crippen LogP contribution in [0.3, 0.4) is 0 Å². The lowest BCUT2D eigenvalue weighted by atomic mass is 10.0. The fourth-order valence-electron chi connectivity index (χ4n) is 3.76. The first-order valence-corrected chi connectivity index (χ1v) is 12.6. The van der Waals surface area contributed by atoms with E-state index in [-0.39, 0.29) is 0 Å². The average Bonchev–Trinajstić information content (AvgIpc) is 2.68. The summed E-state index contributed by atoms with van der Waals surface area (Å²) in [5.41, 5.74) is 0. The first-order chi connectivity index (χ1) is 13.8. The van der Waals surface area contributed by atoms with Gasteiger partial charge in [-0.3, -0.25) is 4.79 Å². The van der Waals surface area contributed by atoms with Gasteiger partial charge in [0.05, 0.1) is 0 Å². The minimum atomic E-state index is -0.664. The van der Waals surface area contributed by atoms with E-state index in [2.05, 4.69) is 19.1 Å². The fourth-order valence-corrected chi connectivity index (χ4v) is 3.76. The van der Waals surface area contributed by atoms with Gasteiger partial charge in [0.25, 0.3) is 0 Å². The standard InChI is InChI=1S/C26H50O2/c1-2-3-4-5-6-7-8-9-10-11-12-13-14-15-16-17-18-19-20-21-22-23-24-25-26(27)28/h18-19H,2-17,20-25H2,1H3,(H,27,28)/b19-18+. The van der Waals surface area contributed by atoms with Gasteiger partial charge >= 0.3 is 5.97 Å². The third kappa shape index (κ3) is 25.2. The van der Waals surface area contributed by atoms with Gasteiger partial charge in [0.1, 0.15) is 0 Å². The molecule has 1 N–H and O–H groups in total. The fraction of sp³-hybridized carbons (Fsp3) is 0.885. The molecule has 0 aliphatic heterocycles. The van der Waals surface area contributed by atoms with Crippen molar-refractivity contribution in [2.24, 2.45) is 0 Å². The van der Waals surface area contributed by atoms with Gasteiger partial charge in [-0.2, -0.15) is 0 Å². The van der Waals surface area contributed by atoms with Crippen molar-refractivity contribution in [2.45, 2.75) is 148 Å². The van der Waals surface area contributed by atoms with Crippen LogP contribution in [0.1, 0.15) is 148 Å². The molecule has 0 heterocycles. The Labute approximate surface area is 176 Å². The van der Waals surface area contributed by atoms with Crippen LogP contribution >= 0.6 is 0 Å². The second-order valence-electron chi connectivity index (χ2n) is 8.56. The molecule has 2 heteroatoms. The third-order valence-electron chi connectivity index (χ3n) is 5.65.